The van der Waals surface area contributed by atoms with Crippen LogP contribution >= 0.6 is 7.60 Å². The first-order valence-corrected chi connectivity index (χ1v) is 10.6. The molecule has 28 heavy (non-hydrogen) atoms. The van der Waals surface area contributed by atoms with Crippen LogP contribution in [0.1, 0.15) is 16.7 Å². The van der Waals surface area contributed by atoms with E-state index >= 15 is 0 Å². The highest BCUT2D eigenvalue weighted by molar-refractivity contribution is 7.54. The van der Waals surface area contributed by atoms with Crippen molar-refractivity contribution < 1.29 is 18.7 Å². The molecule has 0 unspecified atom stereocenters. The molecule has 0 fully saturated rings. The minimum atomic E-state index is -3.81. The summed E-state index contributed by atoms with van der Waals surface area (Å²) in [7, 11) is -3.81. The van der Waals surface area contributed by atoms with Gasteiger partial charge in [-0.3, -0.25) is 4.57 Å². The van der Waals surface area contributed by atoms with Crippen LogP contribution in [0.2, 0.25) is 0 Å². The maximum absolute atomic E-state index is 13.3. The summed E-state index contributed by atoms with van der Waals surface area (Å²) in [5.41, 5.74) is 2.59. The first kappa shape index (κ1) is 20.2. The van der Waals surface area contributed by atoms with Gasteiger partial charge in [0.25, 0.3) is 0 Å². The van der Waals surface area contributed by atoms with Gasteiger partial charge in [-0.15, -0.1) is 0 Å². The van der Waals surface area contributed by atoms with E-state index in [0.717, 1.165) is 16.7 Å². The Bertz CT molecular complexity index is 864. The standard InChI is InChI=1S/C23H23O4P/c24-23(17-16-20-10-4-1-5-11-20)28(25,26-18-21-12-6-2-7-13-21)27-19-22-14-8-3-9-15-22/h1-17,23-24H,18-19H2/b17-16+/t23-/m0/s1. The molecule has 0 spiro atoms. The van der Waals surface area contributed by atoms with E-state index in [0.29, 0.717) is 0 Å². The lowest BCUT2D eigenvalue weighted by Gasteiger charge is -2.21. The highest BCUT2D eigenvalue weighted by Crippen LogP contribution is 2.54. The van der Waals surface area contributed by atoms with Crippen LogP contribution in [0.3, 0.4) is 0 Å². The van der Waals surface area contributed by atoms with E-state index in [2.05, 4.69) is 0 Å². The lowest BCUT2D eigenvalue weighted by molar-refractivity contribution is 0.149. The molecule has 144 valence electrons. The fraction of sp³-hybridized carbons (Fsp3) is 0.130. The first-order valence-electron chi connectivity index (χ1n) is 9.04. The Hall–Kier alpha value is -2.49. The molecule has 3 aromatic rings. The van der Waals surface area contributed by atoms with Gasteiger partial charge in [0.1, 0.15) is 0 Å². The molecule has 0 aliphatic carbocycles. The molecule has 0 bridgehead atoms. The number of benzene rings is 3. The summed E-state index contributed by atoms with van der Waals surface area (Å²) in [6, 6.07) is 28.2. The van der Waals surface area contributed by atoms with Crippen molar-refractivity contribution in [3.05, 3.63) is 114 Å². The van der Waals surface area contributed by atoms with Crippen molar-refractivity contribution in [3.8, 4) is 0 Å². The highest BCUT2D eigenvalue weighted by atomic mass is 31.2. The average Bonchev–Trinajstić information content (AvgIpc) is 2.77. The van der Waals surface area contributed by atoms with Crippen LogP contribution in [0.5, 0.6) is 0 Å². The fourth-order valence-electron chi connectivity index (χ4n) is 2.53. The lowest BCUT2D eigenvalue weighted by atomic mass is 10.2. The predicted octanol–water partition coefficient (Wildman–Crippen LogP) is 5.64. The molecular formula is C23H23O4P. The number of aliphatic hydroxyl groups excluding tert-OH is 1. The van der Waals surface area contributed by atoms with Crippen LogP contribution in [0.15, 0.2) is 97.1 Å². The number of rotatable bonds is 9. The Morgan fingerprint density at radius 2 is 1.18 bits per heavy atom. The third kappa shape index (κ3) is 6.01. The van der Waals surface area contributed by atoms with Crippen molar-refractivity contribution in [2.24, 2.45) is 0 Å². The van der Waals surface area contributed by atoms with Crippen LogP contribution in [0.4, 0.5) is 0 Å². The molecule has 0 amide bonds. The maximum Gasteiger partial charge on any atom is 0.363 e. The van der Waals surface area contributed by atoms with Crippen molar-refractivity contribution >= 4 is 13.7 Å². The van der Waals surface area contributed by atoms with Gasteiger partial charge in [0.15, 0.2) is 5.85 Å². The Morgan fingerprint density at radius 1 is 0.750 bits per heavy atom. The quantitative estimate of drug-likeness (QED) is 0.477. The van der Waals surface area contributed by atoms with Crippen molar-refractivity contribution in [2.45, 2.75) is 19.1 Å². The zero-order chi connectivity index (χ0) is 19.7. The largest absolute Gasteiger partial charge is 0.377 e. The second-order valence-corrected chi connectivity index (χ2v) is 8.37. The Kier molecular flexibility index (Phi) is 7.35. The Balaban J connectivity index is 1.73. The van der Waals surface area contributed by atoms with Crippen molar-refractivity contribution in [1.29, 1.82) is 0 Å². The van der Waals surface area contributed by atoms with Gasteiger partial charge in [0.05, 0.1) is 13.2 Å². The Morgan fingerprint density at radius 3 is 1.64 bits per heavy atom. The Labute approximate surface area is 165 Å². The van der Waals surface area contributed by atoms with Crippen LogP contribution in [-0.2, 0) is 26.8 Å². The monoisotopic (exact) mass is 394 g/mol. The zero-order valence-electron chi connectivity index (χ0n) is 15.4. The summed E-state index contributed by atoms with van der Waals surface area (Å²) < 4.78 is 24.6. The van der Waals surface area contributed by atoms with Gasteiger partial charge >= 0.3 is 7.60 Å². The number of hydrogen-bond acceptors (Lipinski definition) is 4. The minimum Gasteiger partial charge on any atom is -0.377 e. The van der Waals surface area contributed by atoms with E-state index in [1.54, 1.807) is 6.08 Å². The molecular weight excluding hydrogens is 371 g/mol. The van der Waals surface area contributed by atoms with Gasteiger partial charge in [-0.2, -0.15) is 0 Å². The minimum absolute atomic E-state index is 0.0865. The second-order valence-electron chi connectivity index (χ2n) is 6.24. The van der Waals surface area contributed by atoms with Gasteiger partial charge in [0.2, 0.25) is 0 Å². The third-order valence-electron chi connectivity index (χ3n) is 4.09. The SMILES string of the molecule is O=P(OCc1ccccc1)(OCc1ccccc1)[C@H](O)/C=C/c1ccccc1. The van der Waals surface area contributed by atoms with Crippen molar-refractivity contribution in [1.82, 2.24) is 0 Å². The molecule has 0 aromatic heterocycles. The van der Waals surface area contributed by atoms with Crippen LogP contribution in [0.25, 0.3) is 6.08 Å². The molecule has 0 aliphatic heterocycles. The maximum atomic E-state index is 13.3. The molecule has 0 saturated carbocycles. The molecule has 5 heteroatoms. The third-order valence-corrected chi connectivity index (χ3v) is 5.89. The summed E-state index contributed by atoms with van der Waals surface area (Å²) in [6.45, 7) is 0.173. The fourth-order valence-corrected chi connectivity index (χ4v) is 3.87. The average molecular weight is 394 g/mol. The summed E-state index contributed by atoms with van der Waals surface area (Å²) in [4.78, 5) is 0. The molecule has 4 nitrogen and oxygen atoms in total. The normalized spacial score (nSPS) is 12.9. The molecule has 1 atom stereocenters. The van der Waals surface area contributed by atoms with Gasteiger partial charge in [-0.25, -0.2) is 0 Å². The van der Waals surface area contributed by atoms with Crippen LogP contribution in [-0.4, -0.2) is 11.0 Å². The predicted molar refractivity (Wildman–Crippen MR) is 112 cm³/mol. The molecule has 0 radical (unpaired) electrons. The molecule has 3 rings (SSSR count). The van der Waals surface area contributed by atoms with E-state index in [1.165, 1.54) is 6.08 Å². The summed E-state index contributed by atoms with van der Waals surface area (Å²) in [5, 5.41) is 10.6. The van der Waals surface area contributed by atoms with Gasteiger partial charge < -0.3 is 14.2 Å². The summed E-state index contributed by atoms with van der Waals surface area (Å²) in [6.07, 6.45) is 3.15. The van der Waals surface area contributed by atoms with Crippen molar-refractivity contribution in [2.75, 3.05) is 0 Å². The van der Waals surface area contributed by atoms with E-state index in [9.17, 15) is 9.67 Å². The second kappa shape index (κ2) is 10.2. The van der Waals surface area contributed by atoms with E-state index < -0.39 is 13.4 Å². The number of aliphatic hydroxyl groups is 1. The highest BCUT2D eigenvalue weighted by Gasteiger charge is 2.33. The molecule has 0 saturated heterocycles. The van der Waals surface area contributed by atoms with Gasteiger partial charge in [0, 0.05) is 0 Å². The summed E-state index contributed by atoms with van der Waals surface area (Å²) >= 11 is 0. The lowest BCUT2D eigenvalue weighted by Crippen LogP contribution is -2.10. The van der Waals surface area contributed by atoms with Crippen LogP contribution < -0.4 is 0 Å². The van der Waals surface area contributed by atoms with Gasteiger partial charge in [-0.05, 0) is 22.8 Å². The van der Waals surface area contributed by atoms with E-state index in [-0.39, 0.29) is 13.2 Å². The van der Waals surface area contributed by atoms with Crippen molar-refractivity contribution in [3.63, 3.8) is 0 Å². The van der Waals surface area contributed by atoms with Gasteiger partial charge in [-0.1, -0.05) is 97.1 Å². The molecule has 3 aromatic carbocycles. The zero-order valence-corrected chi connectivity index (χ0v) is 16.3. The number of hydrogen-bond donors (Lipinski definition) is 1. The van der Waals surface area contributed by atoms with Crippen LogP contribution in [0, 0.1) is 0 Å². The molecule has 0 heterocycles. The first-order chi connectivity index (χ1) is 13.7. The molecule has 1 N–H and O–H groups in total. The molecule has 0 aliphatic rings. The van der Waals surface area contributed by atoms with E-state index in [4.69, 9.17) is 9.05 Å². The van der Waals surface area contributed by atoms with E-state index in [1.807, 2.05) is 91.0 Å². The summed E-state index contributed by atoms with van der Waals surface area (Å²) in [5.74, 6) is -1.37. The smallest absolute Gasteiger partial charge is 0.363 e. The topological polar surface area (TPSA) is 55.8 Å².